The molecule has 0 aliphatic carbocycles. The highest BCUT2D eigenvalue weighted by molar-refractivity contribution is 5.96. The maximum atomic E-state index is 12.2. The van der Waals surface area contributed by atoms with Crippen LogP contribution in [0.5, 0.6) is 5.88 Å². The highest BCUT2D eigenvalue weighted by atomic mass is 16.5. The number of carbonyl (C=O) groups excluding carboxylic acids is 1. The number of amides is 1. The van der Waals surface area contributed by atoms with E-state index >= 15 is 0 Å². The minimum absolute atomic E-state index is 0.0131. The molecule has 0 radical (unpaired) electrons. The number of aromatic nitrogens is 1. The average Bonchev–Trinajstić information content (AvgIpc) is 2.37. The van der Waals surface area contributed by atoms with Gasteiger partial charge in [0.1, 0.15) is 11.7 Å². The standard InChI is InChI=1S/C13H19N3O2/c1-9-8-16(3)13(17)10-5-4-6-15-12(10)18-11(9)7-14-2/h4-6,9,11,14H,7-8H2,1-3H3/t9-,11-/m0/s1. The van der Waals surface area contributed by atoms with Crippen molar-refractivity contribution in [2.24, 2.45) is 5.92 Å². The molecule has 1 aromatic rings. The van der Waals surface area contributed by atoms with Crippen molar-refractivity contribution in [2.45, 2.75) is 13.0 Å². The molecule has 1 N–H and O–H groups in total. The van der Waals surface area contributed by atoms with Crippen LogP contribution in [0, 0.1) is 5.92 Å². The van der Waals surface area contributed by atoms with Crippen molar-refractivity contribution in [3.8, 4) is 5.88 Å². The third kappa shape index (κ3) is 2.46. The zero-order chi connectivity index (χ0) is 13.1. The minimum atomic E-state index is -0.0344. The molecule has 5 heteroatoms. The van der Waals surface area contributed by atoms with E-state index in [1.807, 2.05) is 14.1 Å². The number of hydrogen-bond acceptors (Lipinski definition) is 4. The van der Waals surface area contributed by atoms with Crippen molar-refractivity contribution in [2.75, 3.05) is 27.2 Å². The molecule has 1 aliphatic heterocycles. The molecule has 2 rings (SSSR count). The molecule has 0 bridgehead atoms. The van der Waals surface area contributed by atoms with Gasteiger partial charge >= 0.3 is 0 Å². The number of rotatable bonds is 2. The zero-order valence-corrected chi connectivity index (χ0v) is 11.0. The summed E-state index contributed by atoms with van der Waals surface area (Å²) in [6.07, 6.45) is 1.66. The SMILES string of the molecule is CNC[C@@H]1Oc2ncccc2C(=O)N(C)C[C@@H]1C. The maximum Gasteiger partial charge on any atom is 0.259 e. The van der Waals surface area contributed by atoms with Crippen LogP contribution >= 0.6 is 0 Å². The van der Waals surface area contributed by atoms with Crippen LogP contribution in [0.1, 0.15) is 17.3 Å². The van der Waals surface area contributed by atoms with Crippen LogP contribution < -0.4 is 10.1 Å². The van der Waals surface area contributed by atoms with Crippen LogP contribution in [0.15, 0.2) is 18.3 Å². The number of ether oxygens (including phenoxy) is 1. The predicted molar refractivity (Wildman–Crippen MR) is 68.7 cm³/mol. The Labute approximate surface area is 107 Å². The van der Waals surface area contributed by atoms with E-state index in [0.29, 0.717) is 18.0 Å². The Morgan fingerprint density at radius 1 is 1.61 bits per heavy atom. The Balaban J connectivity index is 2.36. The maximum absolute atomic E-state index is 12.2. The molecule has 0 unspecified atom stereocenters. The van der Waals surface area contributed by atoms with Gasteiger partial charge < -0.3 is 15.0 Å². The molecule has 2 atom stereocenters. The molecule has 1 amide bonds. The molecule has 0 saturated heterocycles. The molecular formula is C13H19N3O2. The Morgan fingerprint density at radius 3 is 3.11 bits per heavy atom. The van der Waals surface area contributed by atoms with Crippen molar-refractivity contribution in [1.82, 2.24) is 15.2 Å². The summed E-state index contributed by atoms with van der Waals surface area (Å²) in [4.78, 5) is 18.1. The van der Waals surface area contributed by atoms with E-state index in [1.54, 1.807) is 23.2 Å². The molecule has 2 heterocycles. The lowest BCUT2D eigenvalue weighted by Gasteiger charge is -2.31. The van der Waals surface area contributed by atoms with Gasteiger partial charge in [-0.1, -0.05) is 6.92 Å². The number of likely N-dealkylation sites (N-methyl/N-ethyl adjacent to an activating group) is 1. The number of pyridine rings is 1. The van der Waals surface area contributed by atoms with Gasteiger partial charge in [0.05, 0.1) is 0 Å². The number of nitrogens with zero attached hydrogens (tertiary/aromatic N) is 2. The lowest BCUT2D eigenvalue weighted by Crippen LogP contribution is -2.44. The second-order valence-corrected chi connectivity index (χ2v) is 4.73. The summed E-state index contributed by atoms with van der Waals surface area (Å²) in [5, 5.41) is 3.12. The molecule has 0 fully saturated rings. The third-order valence-electron chi connectivity index (χ3n) is 3.21. The van der Waals surface area contributed by atoms with E-state index in [4.69, 9.17) is 4.74 Å². The van der Waals surface area contributed by atoms with Gasteiger partial charge in [-0.25, -0.2) is 4.98 Å². The third-order valence-corrected chi connectivity index (χ3v) is 3.21. The van der Waals surface area contributed by atoms with E-state index in [-0.39, 0.29) is 17.9 Å². The van der Waals surface area contributed by atoms with Gasteiger partial charge in [0.25, 0.3) is 5.91 Å². The van der Waals surface area contributed by atoms with Gasteiger partial charge in [0.15, 0.2) is 0 Å². The van der Waals surface area contributed by atoms with Crippen molar-refractivity contribution in [1.29, 1.82) is 0 Å². The van der Waals surface area contributed by atoms with Crippen LogP contribution in [0.2, 0.25) is 0 Å². The summed E-state index contributed by atoms with van der Waals surface area (Å²) < 4.78 is 5.89. The number of hydrogen-bond donors (Lipinski definition) is 1. The summed E-state index contributed by atoms with van der Waals surface area (Å²) in [5.74, 6) is 0.649. The second-order valence-electron chi connectivity index (χ2n) is 4.73. The summed E-state index contributed by atoms with van der Waals surface area (Å²) in [7, 11) is 3.71. The first-order valence-corrected chi connectivity index (χ1v) is 6.15. The first-order chi connectivity index (χ1) is 8.63. The normalized spacial score (nSPS) is 23.9. The number of carbonyl (C=O) groups is 1. The molecule has 18 heavy (non-hydrogen) atoms. The summed E-state index contributed by atoms with van der Waals surface area (Å²) >= 11 is 0. The lowest BCUT2D eigenvalue weighted by molar-refractivity contribution is 0.0624. The van der Waals surface area contributed by atoms with Crippen LogP contribution in [-0.4, -0.2) is 49.1 Å². The van der Waals surface area contributed by atoms with Crippen LogP contribution in [0.3, 0.4) is 0 Å². The number of nitrogens with one attached hydrogen (secondary N) is 1. The van der Waals surface area contributed by atoms with Crippen molar-refractivity contribution >= 4 is 5.91 Å². The quantitative estimate of drug-likeness (QED) is 0.841. The van der Waals surface area contributed by atoms with Gasteiger partial charge in [-0.15, -0.1) is 0 Å². The van der Waals surface area contributed by atoms with Gasteiger partial charge in [-0.3, -0.25) is 4.79 Å². The van der Waals surface area contributed by atoms with E-state index in [9.17, 15) is 4.79 Å². The van der Waals surface area contributed by atoms with Crippen molar-refractivity contribution in [3.63, 3.8) is 0 Å². The van der Waals surface area contributed by atoms with E-state index in [0.717, 1.165) is 6.54 Å². The van der Waals surface area contributed by atoms with Crippen molar-refractivity contribution in [3.05, 3.63) is 23.9 Å². The monoisotopic (exact) mass is 249 g/mol. The minimum Gasteiger partial charge on any atom is -0.472 e. The van der Waals surface area contributed by atoms with Crippen LogP contribution in [-0.2, 0) is 0 Å². The molecule has 98 valence electrons. The van der Waals surface area contributed by atoms with Gasteiger partial charge in [-0.2, -0.15) is 0 Å². The van der Waals surface area contributed by atoms with Gasteiger partial charge in [0.2, 0.25) is 5.88 Å². The van der Waals surface area contributed by atoms with E-state index < -0.39 is 0 Å². The zero-order valence-electron chi connectivity index (χ0n) is 11.0. The van der Waals surface area contributed by atoms with E-state index in [1.165, 1.54) is 0 Å². The molecule has 1 aliphatic rings. The van der Waals surface area contributed by atoms with E-state index in [2.05, 4.69) is 17.2 Å². The highest BCUT2D eigenvalue weighted by Crippen LogP contribution is 2.23. The molecular weight excluding hydrogens is 230 g/mol. The molecule has 1 aromatic heterocycles. The highest BCUT2D eigenvalue weighted by Gasteiger charge is 2.28. The van der Waals surface area contributed by atoms with Crippen LogP contribution in [0.25, 0.3) is 0 Å². The number of fused-ring (bicyclic) bond motifs is 1. The second kappa shape index (κ2) is 5.35. The fraction of sp³-hybridized carbons (Fsp3) is 0.538. The first kappa shape index (κ1) is 12.8. The van der Waals surface area contributed by atoms with Crippen LogP contribution in [0.4, 0.5) is 0 Å². The lowest BCUT2D eigenvalue weighted by atomic mass is 10.0. The Hall–Kier alpha value is -1.62. The summed E-state index contributed by atoms with van der Waals surface area (Å²) in [6, 6.07) is 3.51. The largest absolute Gasteiger partial charge is 0.472 e. The van der Waals surface area contributed by atoms with Gasteiger partial charge in [-0.05, 0) is 19.2 Å². The smallest absolute Gasteiger partial charge is 0.259 e. The molecule has 0 spiro atoms. The molecule has 0 saturated carbocycles. The fourth-order valence-electron chi connectivity index (χ4n) is 2.19. The Kier molecular flexibility index (Phi) is 3.81. The first-order valence-electron chi connectivity index (χ1n) is 6.15. The Bertz CT molecular complexity index is 436. The topological polar surface area (TPSA) is 54.5 Å². The molecule has 5 nitrogen and oxygen atoms in total. The summed E-state index contributed by atoms with van der Waals surface area (Å²) in [5.41, 5.74) is 0.535. The summed E-state index contributed by atoms with van der Waals surface area (Å²) in [6.45, 7) is 3.50. The molecule has 0 aromatic carbocycles. The fourth-order valence-corrected chi connectivity index (χ4v) is 2.19. The Morgan fingerprint density at radius 2 is 2.39 bits per heavy atom. The van der Waals surface area contributed by atoms with Crippen molar-refractivity contribution < 1.29 is 9.53 Å². The van der Waals surface area contributed by atoms with Gasteiger partial charge in [0, 0.05) is 32.3 Å². The predicted octanol–water partition coefficient (Wildman–Crippen LogP) is 0.770. The average molecular weight is 249 g/mol.